The van der Waals surface area contributed by atoms with Crippen molar-refractivity contribution in [1.82, 2.24) is 14.9 Å². The Morgan fingerprint density at radius 1 is 1.06 bits per heavy atom. The molecule has 1 N–H and O–H groups in total. The summed E-state index contributed by atoms with van der Waals surface area (Å²) in [5, 5.41) is 4.93. The minimum Gasteiger partial charge on any atom is -0.467 e. The normalized spacial score (nSPS) is 13.7. The minimum atomic E-state index is -0.348. The zero-order valence-electron chi connectivity index (χ0n) is 17.2. The van der Waals surface area contributed by atoms with Crippen LogP contribution in [0.1, 0.15) is 10.5 Å². The number of nitrogens with zero attached hydrogens (tertiary/aromatic N) is 4. The van der Waals surface area contributed by atoms with Crippen molar-refractivity contribution < 1.29 is 14.3 Å². The maximum absolute atomic E-state index is 13.0. The van der Waals surface area contributed by atoms with Gasteiger partial charge in [-0.1, -0.05) is 43.0 Å². The number of nitrogens with one attached hydrogen (secondary N) is 1. The molecule has 31 heavy (non-hydrogen) atoms. The van der Waals surface area contributed by atoms with Gasteiger partial charge in [0.05, 0.1) is 7.11 Å². The predicted molar refractivity (Wildman–Crippen MR) is 119 cm³/mol. The van der Waals surface area contributed by atoms with Crippen LogP contribution in [0, 0.1) is 0 Å². The molecule has 1 fully saturated rings. The molecule has 0 aliphatic carbocycles. The van der Waals surface area contributed by atoms with E-state index in [-0.39, 0.29) is 23.5 Å². The largest absolute Gasteiger partial charge is 0.467 e. The average Bonchev–Trinajstić information content (AvgIpc) is 2.83. The molecule has 0 bridgehead atoms. The van der Waals surface area contributed by atoms with Gasteiger partial charge in [0, 0.05) is 43.3 Å². The molecule has 2 amide bonds. The van der Waals surface area contributed by atoms with E-state index in [9.17, 15) is 9.59 Å². The number of fused-ring (bicyclic) bond motifs is 1. The summed E-state index contributed by atoms with van der Waals surface area (Å²) in [4.78, 5) is 37.2. The van der Waals surface area contributed by atoms with Crippen LogP contribution in [0.15, 0.2) is 61.2 Å². The number of hydrogen-bond acceptors (Lipinski definition) is 6. The quantitative estimate of drug-likeness (QED) is 0.643. The van der Waals surface area contributed by atoms with Crippen LogP contribution in [0.25, 0.3) is 10.8 Å². The highest BCUT2D eigenvalue weighted by molar-refractivity contribution is 6.08. The van der Waals surface area contributed by atoms with Gasteiger partial charge in [0.15, 0.2) is 0 Å². The number of hydrogen-bond donors (Lipinski definition) is 1. The van der Waals surface area contributed by atoms with Crippen LogP contribution in [-0.4, -0.2) is 60.0 Å². The lowest BCUT2D eigenvalue weighted by Crippen LogP contribution is -2.48. The highest BCUT2D eigenvalue weighted by Crippen LogP contribution is 2.24. The maximum Gasteiger partial charge on any atom is 0.318 e. The van der Waals surface area contributed by atoms with E-state index in [1.807, 2.05) is 47.4 Å². The molecule has 2 heterocycles. The van der Waals surface area contributed by atoms with Crippen molar-refractivity contribution in [3.63, 3.8) is 0 Å². The topological polar surface area (TPSA) is 87.7 Å². The first kappa shape index (κ1) is 20.3. The lowest BCUT2D eigenvalue weighted by Gasteiger charge is -2.35. The van der Waals surface area contributed by atoms with E-state index in [0.717, 1.165) is 10.8 Å². The van der Waals surface area contributed by atoms with Crippen LogP contribution >= 0.6 is 0 Å². The molecule has 0 unspecified atom stereocenters. The highest BCUT2D eigenvalue weighted by atomic mass is 16.5. The number of amides is 2. The van der Waals surface area contributed by atoms with Gasteiger partial charge >= 0.3 is 6.01 Å². The van der Waals surface area contributed by atoms with Gasteiger partial charge in [0.1, 0.15) is 11.5 Å². The second kappa shape index (κ2) is 8.83. The molecule has 2 aromatic carbocycles. The molecule has 8 nitrogen and oxygen atoms in total. The molecule has 1 aromatic heterocycles. The Morgan fingerprint density at radius 2 is 1.81 bits per heavy atom. The molecule has 0 spiro atoms. The monoisotopic (exact) mass is 417 g/mol. The van der Waals surface area contributed by atoms with Gasteiger partial charge in [-0.25, -0.2) is 0 Å². The van der Waals surface area contributed by atoms with Crippen molar-refractivity contribution in [2.24, 2.45) is 0 Å². The van der Waals surface area contributed by atoms with Crippen LogP contribution in [-0.2, 0) is 4.79 Å². The smallest absolute Gasteiger partial charge is 0.318 e. The zero-order valence-corrected chi connectivity index (χ0v) is 17.2. The van der Waals surface area contributed by atoms with Crippen LogP contribution in [0.5, 0.6) is 6.01 Å². The maximum atomic E-state index is 13.0. The Hall–Kier alpha value is -3.94. The van der Waals surface area contributed by atoms with Gasteiger partial charge in [0.25, 0.3) is 5.91 Å². The number of ether oxygens (including phenoxy) is 1. The summed E-state index contributed by atoms with van der Waals surface area (Å²) >= 11 is 0. The lowest BCUT2D eigenvalue weighted by atomic mass is 10.1. The van der Waals surface area contributed by atoms with Crippen molar-refractivity contribution in [2.45, 2.75) is 0 Å². The fraction of sp³-hybridized carbons (Fsp3) is 0.217. The third-order valence-corrected chi connectivity index (χ3v) is 5.24. The third kappa shape index (κ3) is 4.32. The summed E-state index contributed by atoms with van der Waals surface area (Å²) in [6.07, 6.45) is 1.32. The molecule has 158 valence electrons. The SMILES string of the molecule is C=CC(=O)N1CCN(c2cc(C(=O)Nc3cccc4ccccc34)nc(OC)n2)CC1. The van der Waals surface area contributed by atoms with Crippen molar-refractivity contribution in [3.8, 4) is 6.01 Å². The van der Waals surface area contributed by atoms with Gasteiger partial charge in [-0.2, -0.15) is 9.97 Å². The second-order valence-electron chi connectivity index (χ2n) is 7.10. The van der Waals surface area contributed by atoms with Gasteiger partial charge in [0.2, 0.25) is 5.91 Å². The zero-order chi connectivity index (χ0) is 21.8. The third-order valence-electron chi connectivity index (χ3n) is 5.24. The Labute approximate surface area is 180 Å². The summed E-state index contributed by atoms with van der Waals surface area (Å²) in [6.45, 7) is 5.81. The molecule has 1 saturated heterocycles. The van der Waals surface area contributed by atoms with E-state index < -0.39 is 0 Å². The summed E-state index contributed by atoms with van der Waals surface area (Å²) in [5.41, 5.74) is 0.915. The molecule has 0 atom stereocenters. The lowest BCUT2D eigenvalue weighted by molar-refractivity contribution is -0.126. The van der Waals surface area contributed by atoms with Crippen molar-refractivity contribution in [3.05, 3.63) is 66.9 Å². The van der Waals surface area contributed by atoms with E-state index in [1.165, 1.54) is 13.2 Å². The van der Waals surface area contributed by atoms with Crippen LogP contribution < -0.4 is 15.0 Å². The highest BCUT2D eigenvalue weighted by Gasteiger charge is 2.23. The molecule has 8 heteroatoms. The summed E-state index contributed by atoms with van der Waals surface area (Å²) in [6, 6.07) is 15.3. The summed E-state index contributed by atoms with van der Waals surface area (Å²) in [7, 11) is 1.46. The van der Waals surface area contributed by atoms with Crippen LogP contribution in [0.4, 0.5) is 11.5 Å². The summed E-state index contributed by atoms with van der Waals surface area (Å²) in [5.74, 6) is 0.148. The number of piperazine rings is 1. The van der Waals surface area contributed by atoms with Crippen LogP contribution in [0.2, 0.25) is 0 Å². The Balaban J connectivity index is 1.57. The molecular formula is C23H23N5O3. The second-order valence-corrected chi connectivity index (χ2v) is 7.10. The van der Waals surface area contributed by atoms with Crippen molar-refractivity contribution in [2.75, 3.05) is 43.5 Å². The predicted octanol–water partition coefficient (Wildman–Crippen LogP) is 2.73. The Kier molecular flexibility index (Phi) is 5.79. The van der Waals surface area contributed by atoms with Gasteiger partial charge < -0.3 is 19.9 Å². The van der Waals surface area contributed by atoms with Crippen molar-refractivity contribution >= 4 is 34.1 Å². The fourth-order valence-corrected chi connectivity index (χ4v) is 3.59. The van der Waals surface area contributed by atoms with Gasteiger partial charge in [-0.05, 0) is 17.5 Å². The van der Waals surface area contributed by atoms with E-state index in [1.54, 1.807) is 11.0 Å². The first-order chi connectivity index (χ1) is 15.1. The van der Waals surface area contributed by atoms with Gasteiger partial charge in [-0.15, -0.1) is 0 Å². The molecular weight excluding hydrogens is 394 g/mol. The molecule has 3 aromatic rings. The Bertz CT molecular complexity index is 1130. The van der Waals surface area contributed by atoms with E-state index in [2.05, 4.69) is 21.9 Å². The average molecular weight is 417 g/mol. The first-order valence-electron chi connectivity index (χ1n) is 9.97. The molecule has 0 radical (unpaired) electrons. The summed E-state index contributed by atoms with van der Waals surface area (Å²) < 4.78 is 5.23. The first-order valence-corrected chi connectivity index (χ1v) is 9.97. The van der Waals surface area contributed by atoms with E-state index in [4.69, 9.17) is 4.74 Å². The Morgan fingerprint density at radius 3 is 2.55 bits per heavy atom. The molecule has 1 aliphatic heterocycles. The number of anilines is 2. The number of carbonyl (C=O) groups is 2. The number of methoxy groups -OCH3 is 1. The van der Waals surface area contributed by atoms with E-state index >= 15 is 0 Å². The van der Waals surface area contributed by atoms with Crippen LogP contribution in [0.3, 0.4) is 0 Å². The standard InChI is InChI=1S/C23H23N5O3/c1-3-21(29)28-13-11-27(12-14-28)20-15-19(25-23(26-20)31-2)22(30)24-18-10-6-8-16-7-4-5-9-17(16)18/h3-10,15H,1,11-14H2,2H3,(H,24,30). The number of carbonyl (C=O) groups excluding carboxylic acids is 2. The fourth-order valence-electron chi connectivity index (χ4n) is 3.59. The molecule has 4 rings (SSSR count). The minimum absolute atomic E-state index is 0.0879. The molecule has 1 aliphatic rings. The number of aromatic nitrogens is 2. The van der Waals surface area contributed by atoms with Crippen molar-refractivity contribution in [1.29, 1.82) is 0 Å². The number of rotatable bonds is 5. The number of benzene rings is 2. The molecule has 0 saturated carbocycles. The van der Waals surface area contributed by atoms with Gasteiger partial charge in [-0.3, -0.25) is 9.59 Å². The van der Waals surface area contributed by atoms with E-state index in [0.29, 0.717) is 37.7 Å².